The third-order valence-electron chi connectivity index (χ3n) is 2.96. The Morgan fingerprint density at radius 1 is 1.38 bits per heavy atom. The predicted octanol–water partition coefficient (Wildman–Crippen LogP) is 2.13. The van der Waals surface area contributed by atoms with Crippen LogP contribution in [0.15, 0.2) is 29.2 Å². The fourth-order valence-electron chi connectivity index (χ4n) is 2.00. The van der Waals surface area contributed by atoms with Crippen LogP contribution in [0.2, 0.25) is 0 Å². The molecule has 116 valence electrons. The summed E-state index contributed by atoms with van der Waals surface area (Å²) in [5.41, 5.74) is -4.02. The molecule has 1 saturated heterocycles. The van der Waals surface area contributed by atoms with E-state index in [-0.39, 0.29) is 35.7 Å². The Kier molecular flexibility index (Phi) is 5.13. The lowest BCUT2D eigenvalue weighted by atomic mass is 10.2. The van der Waals surface area contributed by atoms with E-state index in [0.29, 0.717) is 18.7 Å². The molecule has 1 unspecified atom stereocenters. The third-order valence-corrected chi connectivity index (χ3v) is 3.70. The SMILES string of the molecule is O=C(c1ccc(SC(F)(F)F)cc1)N1CCOC(CO)C1. The molecular formula is C13H14F3NO3S. The van der Waals surface area contributed by atoms with E-state index < -0.39 is 11.6 Å². The van der Waals surface area contributed by atoms with Crippen LogP contribution in [-0.4, -0.2) is 53.8 Å². The van der Waals surface area contributed by atoms with Gasteiger partial charge in [0.15, 0.2) is 0 Å². The normalized spacial score (nSPS) is 19.6. The molecule has 0 radical (unpaired) electrons. The van der Waals surface area contributed by atoms with Crippen LogP contribution in [0.5, 0.6) is 0 Å². The van der Waals surface area contributed by atoms with Gasteiger partial charge in [0, 0.05) is 23.5 Å². The van der Waals surface area contributed by atoms with Crippen molar-refractivity contribution in [3.63, 3.8) is 0 Å². The Morgan fingerprint density at radius 2 is 2.05 bits per heavy atom. The van der Waals surface area contributed by atoms with E-state index in [1.807, 2.05) is 0 Å². The number of ether oxygens (including phenoxy) is 1. The topological polar surface area (TPSA) is 49.8 Å². The molecule has 2 rings (SSSR count). The van der Waals surface area contributed by atoms with Crippen LogP contribution in [0.3, 0.4) is 0 Å². The Hall–Kier alpha value is -1.25. The minimum atomic E-state index is -4.34. The largest absolute Gasteiger partial charge is 0.446 e. The minimum Gasteiger partial charge on any atom is -0.394 e. The minimum absolute atomic E-state index is 0.0364. The van der Waals surface area contributed by atoms with Gasteiger partial charge in [0.25, 0.3) is 5.91 Å². The van der Waals surface area contributed by atoms with Crippen molar-refractivity contribution in [1.29, 1.82) is 0 Å². The molecule has 1 aliphatic rings. The molecule has 0 bridgehead atoms. The number of hydrogen-bond donors (Lipinski definition) is 1. The molecule has 0 saturated carbocycles. The highest BCUT2D eigenvalue weighted by atomic mass is 32.2. The summed E-state index contributed by atoms with van der Waals surface area (Å²) in [6.07, 6.45) is -0.414. The number of rotatable bonds is 3. The maximum absolute atomic E-state index is 12.2. The zero-order valence-corrected chi connectivity index (χ0v) is 11.8. The summed E-state index contributed by atoms with van der Waals surface area (Å²) in [7, 11) is 0. The van der Waals surface area contributed by atoms with E-state index in [0.717, 1.165) is 0 Å². The quantitative estimate of drug-likeness (QED) is 0.867. The molecule has 21 heavy (non-hydrogen) atoms. The number of aliphatic hydroxyl groups is 1. The average Bonchev–Trinajstić information content (AvgIpc) is 2.46. The van der Waals surface area contributed by atoms with Crippen molar-refractivity contribution in [3.05, 3.63) is 29.8 Å². The molecule has 0 spiro atoms. The van der Waals surface area contributed by atoms with Gasteiger partial charge >= 0.3 is 5.51 Å². The summed E-state index contributed by atoms with van der Waals surface area (Å²) in [5.74, 6) is -0.277. The number of aliphatic hydroxyl groups excluding tert-OH is 1. The van der Waals surface area contributed by atoms with Gasteiger partial charge in [0.2, 0.25) is 0 Å². The number of benzene rings is 1. The van der Waals surface area contributed by atoms with Crippen molar-refractivity contribution < 1.29 is 27.8 Å². The Balaban J connectivity index is 2.02. The summed E-state index contributed by atoms with van der Waals surface area (Å²) in [6.45, 7) is 0.826. The number of hydrogen-bond acceptors (Lipinski definition) is 4. The smallest absolute Gasteiger partial charge is 0.394 e. The predicted molar refractivity (Wildman–Crippen MR) is 71.1 cm³/mol. The molecular weight excluding hydrogens is 307 g/mol. The van der Waals surface area contributed by atoms with Gasteiger partial charge in [-0.3, -0.25) is 4.79 Å². The van der Waals surface area contributed by atoms with Crippen molar-refractivity contribution in [2.75, 3.05) is 26.3 Å². The lowest BCUT2D eigenvalue weighted by Crippen LogP contribution is -2.46. The number of thioether (sulfide) groups is 1. The fourth-order valence-corrected chi connectivity index (χ4v) is 2.54. The standard InChI is InChI=1S/C13H14F3NO3S/c14-13(15,16)21-11-3-1-9(2-4-11)12(19)17-5-6-20-10(7-17)8-18/h1-4,10,18H,5-8H2. The first-order valence-corrected chi connectivity index (χ1v) is 7.08. The van der Waals surface area contributed by atoms with Crippen molar-refractivity contribution >= 4 is 17.7 Å². The van der Waals surface area contributed by atoms with Crippen LogP contribution in [0.25, 0.3) is 0 Å². The van der Waals surface area contributed by atoms with Gasteiger partial charge in [0.05, 0.1) is 19.3 Å². The van der Waals surface area contributed by atoms with Crippen molar-refractivity contribution in [3.8, 4) is 0 Å². The summed E-state index contributed by atoms with van der Waals surface area (Å²) in [4.78, 5) is 13.8. The number of halogens is 3. The van der Waals surface area contributed by atoms with Crippen LogP contribution in [-0.2, 0) is 4.74 Å². The Morgan fingerprint density at radius 3 is 2.62 bits per heavy atom. The highest BCUT2D eigenvalue weighted by Gasteiger charge is 2.29. The summed E-state index contributed by atoms with van der Waals surface area (Å²) in [6, 6.07) is 5.30. The zero-order chi connectivity index (χ0) is 15.5. The molecule has 1 aromatic rings. The number of morpholine rings is 1. The van der Waals surface area contributed by atoms with E-state index in [4.69, 9.17) is 9.84 Å². The first kappa shape index (κ1) is 16.1. The molecule has 1 fully saturated rings. The molecule has 1 aromatic carbocycles. The zero-order valence-electron chi connectivity index (χ0n) is 11.0. The van der Waals surface area contributed by atoms with Crippen LogP contribution in [0, 0.1) is 0 Å². The number of alkyl halides is 3. The Labute approximate surface area is 123 Å². The third kappa shape index (κ3) is 4.62. The van der Waals surface area contributed by atoms with E-state index in [9.17, 15) is 18.0 Å². The second-order valence-corrected chi connectivity index (χ2v) is 5.64. The lowest BCUT2D eigenvalue weighted by Gasteiger charge is -2.32. The van der Waals surface area contributed by atoms with Crippen molar-refractivity contribution in [2.24, 2.45) is 0 Å². The summed E-state index contributed by atoms with van der Waals surface area (Å²) >= 11 is -0.217. The van der Waals surface area contributed by atoms with Gasteiger partial charge in [-0.05, 0) is 36.0 Å². The number of carbonyl (C=O) groups excluding carboxylic acids is 1. The molecule has 1 heterocycles. The van der Waals surface area contributed by atoms with Gasteiger partial charge in [-0.1, -0.05) is 0 Å². The molecule has 1 atom stereocenters. The number of amides is 1. The van der Waals surface area contributed by atoms with Crippen molar-refractivity contribution in [1.82, 2.24) is 4.90 Å². The molecule has 8 heteroatoms. The molecule has 0 aliphatic carbocycles. The van der Waals surface area contributed by atoms with E-state index >= 15 is 0 Å². The van der Waals surface area contributed by atoms with Gasteiger partial charge in [0.1, 0.15) is 0 Å². The first-order valence-electron chi connectivity index (χ1n) is 6.26. The van der Waals surface area contributed by atoms with Crippen LogP contribution < -0.4 is 0 Å². The molecule has 4 nitrogen and oxygen atoms in total. The maximum Gasteiger partial charge on any atom is 0.446 e. The fraction of sp³-hybridized carbons (Fsp3) is 0.462. The number of carbonyl (C=O) groups is 1. The van der Waals surface area contributed by atoms with Crippen LogP contribution >= 0.6 is 11.8 Å². The lowest BCUT2D eigenvalue weighted by molar-refractivity contribution is -0.0447. The second-order valence-electron chi connectivity index (χ2n) is 4.50. The van der Waals surface area contributed by atoms with Crippen LogP contribution in [0.4, 0.5) is 13.2 Å². The van der Waals surface area contributed by atoms with E-state index in [1.54, 1.807) is 0 Å². The highest BCUT2D eigenvalue weighted by molar-refractivity contribution is 8.00. The van der Waals surface area contributed by atoms with Gasteiger partial charge in [-0.15, -0.1) is 0 Å². The highest BCUT2D eigenvalue weighted by Crippen LogP contribution is 2.36. The molecule has 1 N–H and O–H groups in total. The van der Waals surface area contributed by atoms with Gasteiger partial charge in [-0.2, -0.15) is 13.2 Å². The van der Waals surface area contributed by atoms with Gasteiger partial charge in [-0.25, -0.2) is 0 Å². The van der Waals surface area contributed by atoms with Gasteiger partial charge < -0.3 is 14.7 Å². The summed E-state index contributed by atoms with van der Waals surface area (Å²) in [5, 5.41) is 9.03. The molecule has 1 amide bonds. The number of nitrogens with zero attached hydrogens (tertiary/aromatic N) is 1. The van der Waals surface area contributed by atoms with Crippen LogP contribution in [0.1, 0.15) is 10.4 Å². The maximum atomic E-state index is 12.2. The molecule has 0 aromatic heterocycles. The first-order chi connectivity index (χ1) is 9.89. The second kappa shape index (κ2) is 6.67. The monoisotopic (exact) mass is 321 g/mol. The summed E-state index contributed by atoms with van der Waals surface area (Å²) < 4.78 is 41.9. The van der Waals surface area contributed by atoms with E-state index in [2.05, 4.69) is 0 Å². The molecule has 1 aliphatic heterocycles. The average molecular weight is 321 g/mol. The Bertz CT molecular complexity index is 492. The van der Waals surface area contributed by atoms with Crippen molar-refractivity contribution in [2.45, 2.75) is 16.5 Å². The van der Waals surface area contributed by atoms with E-state index in [1.165, 1.54) is 29.2 Å².